The Labute approximate surface area is 164 Å². The highest BCUT2D eigenvalue weighted by Crippen LogP contribution is 2.33. The van der Waals surface area contributed by atoms with Crippen molar-refractivity contribution in [2.75, 3.05) is 12.4 Å². The van der Waals surface area contributed by atoms with Gasteiger partial charge < -0.3 is 14.8 Å². The highest BCUT2D eigenvalue weighted by atomic mass is 35.5. The SMILES string of the molecule is COc1ccccc1CNc1nc(Oc2cncc(Cl)c2)c2sccc2n1. The molecule has 27 heavy (non-hydrogen) atoms. The number of rotatable bonds is 6. The van der Waals surface area contributed by atoms with E-state index >= 15 is 0 Å². The van der Waals surface area contributed by atoms with Crippen LogP contribution in [-0.4, -0.2) is 22.1 Å². The van der Waals surface area contributed by atoms with Crippen LogP contribution in [0.5, 0.6) is 17.4 Å². The van der Waals surface area contributed by atoms with Gasteiger partial charge >= 0.3 is 0 Å². The van der Waals surface area contributed by atoms with Crippen molar-refractivity contribution < 1.29 is 9.47 Å². The van der Waals surface area contributed by atoms with Gasteiger partial charge in [0, 0.05) is 24.4 Å². The van der Waals surface area contributed by atoms with Crippen LogP contribution in [0.3, 0.4) is 0 Å². The van der Waals surface area contributed by atoms with Crippen LogP contribution in [0.1, 0.15) is 5.56 Å². The number of hydrogen-bond acceptors (Lipinski definition) is 7. The molecule has 8 heteroatoms. The zero-order valence-electron chi connectivity index (χ0n) is 14.3. The Hall–Kier alpha value is -2.90. The molecule has 0 saturated carbocycles. The number of thiophene rings is 1. The van der Waals surface area contributed by atoms with E-state index in [1.807, 2.05) is 35.7 Å². The fraction of sp³-hybridized carbons (Fsp3) is 0.105. The third-order valence-corrected chi connectivity index (χ3v) is 4.89. The number of aromatic nitrogens is 3. The van der Waals surface area contributed by atoms with Gasteiger partial charge in [0.1, 0.15) is 16.2 Å². The fourth-order valence-electron chi connectivity index (χ4n) is 2.57. The topological polar surface area (TPSA) is 69.2 Å². The Morgan fingerprint density at radius 2 is 2.04 bits per heavy atom. The Kier molecular flexibility index (Phi) is 5.04. The molecule has 0 atom stereocenters. The summed E-state index contributed by atoms with van der Waals surface area (Å²) in [4.78, 5) is 13.1. The highest BCUT2D eigenvalue weighted by Gasteiger charge is 2.12. The second-order valence-corrected chi connectivity index (χ2v) is 6.95. The van der Waals surface area contributed by atoms with Crippen LogP contribution >= 0.6 is 22.9 Å². The summed E-state index contributed by atoms with van der Waals surface area (Å²) in [5, 5.41) is 5.69. The maximum absolute atomic E-state index is 5.99. The zero-order valence-corrected chi connectivity index (χ0v) is 15.9. The van der Waals surface area contributed by atoms with Gasteiger partial charge in [-0.05, 0) is 17.5 Å². The molecule has 1 aromatic carbocycles. The van der Waals surface area contributed by atoms with Crippen molar-refractivity contribution in [2.24, 2.45) is 0 Å². The summed E-state index contributed by atoms with van der Waals surface area (Å²) in [6.07, 6.45) is 3.14. The molecule has 0 aliphatic carbocycles. The Morgan fingerprint density at radius 3 is 2.89 bits per heavy atom. The number of para-hydroxylation sites is 1. The van der Waals surface area contributed by atoms with Gasteiger partial charge in [0.25, 0.3) is 0 Å². The smallest absolute Gasteiger partial charge is 0.242 e. The maximum atomic E-state index is 5.99. The Balaban J connectivity index is 1.62. The average Bonchev–Trinajstić information content (AvgIpc) is 3.15. The van der Waals surface area contributed by atoms with Gasteiger partial charge in [0.05, 0.1) is 23.8 Å². The normalized spacial score (nSPS) is 10.7. The first-order chi connectivity index (χ1) is 13.2. The molecule has 1 N–H and O–H groups in total. The first-order valence-corrected chi connectivity index (χ1v) is 9.38. The van der Waals surface area contributed by atoms with Gasteiger partial charge in [0.15, 0.2) is 0 Å². The molecule has 0 fully saturated rings. The van der Waals surface area contributed by atoms with Crippen LogP contribution < -0.4 is 14.8 Å². The molecule has 0 unspecified atom stereocenters. The largest absolute Gasteiger partial charge is 0.496 e. The Morgan fingerprint density at radius 1 is 1.15 bits per heavy atom. The third-order valence-electron chi connectivity index (χ3n) is 3.80. The summed E-state index contributed by atoms with van der Waals surface area (Å²) in [5.41, 5.74) is 1.82. The standard InChI is InChI=1S/C19H15ClN4O2S/c1-25-16-5-3-2-4-12(16)9-22-19-23-15-6-7-27-17(15)18(24-19)26-14-8-13(20)10-21-11-14/h2-8,10-11H,9H2,1H3,(H,22,23,24). The van der Waals surface area contributed by atoms with Gasteiger partial charge in [-0.1, -0.05) is 29.8 Å². The molecule has 6 nitrogen and oxygen atoms in total. The monoisotopic (exact) mass is 398 g/mol. The molecule has 0 radical (unpaired) electrons. The molecule has 136 valence electrons. The van der Waals surface area contributed by atoms with E-state index in [-0.39, 0.29) is 0 Å². The molecule has 0 saturated heterocycles. The quantitative estimate of drug-likeness (QED) is 0.484. The summed E-state index contributed by atoms with van der Waals surface area (Å²) < 4.78 is 12.2. The van der Waals surface area contributed by atoms with Crippen LogP contribution in [0, 0.1) is 0 Å². The predicted molar refractivity (Wildman–Crippen MR) is 107 cm³/mol. The number of anilines is 1. The Bertz CT molecular complexity index is 1090. The van der Waals surface area contributed by atoms with Crippen molar-refractivity contribution >= 4 is 39.1 Å². The molecule has 0 amide bonds. The van der Waals surface area contributed by atoms with Crippen molar-refractivity contribution in [3.8, 4) is 17.4 Å². The second kappa shape index (κ2) is 7.77. The van der Waals surface area contributed by atoms with E-state index in [0.717, 1.165) is 21.5 Å². The fourth-order valence-corrected chi connectivity index (χ4v) is 3.49. The van der Waals surface area contributed by atoms with Crippen LogP contribution in [0.4, 0.5) is 5.95 Å². The predicted octanol–water partition coefficient (Wildman–Crippen LogP) is 5.15. The molecule has 4 aromatic rings. The molecule has 0 aliphatic heterocycles. The lowest BCUT2D eigenvalue weighted by atomic mass is 10.2. The summed E-state index contributed by atoms with van der Waals surface area (Å²) in [6.45, 7) is 0.526. The molecule has 0 aliphatic rings. The van der Waals surface area contributed by atoms with E-state index < -0.39 is 0 Å². The third kappa shape index (κ3) is 3.94. The molecular weight excluding hydrogens is 384 g/mol. The summed E-state index contributed by atoms with van der Waals surface area (Å²) in [5.74, 6) is 2.26. The number of nitrogens with zero attached hydrogens (tertiary/aromatic N) is 3. The van der Waals surface area contributed by atoms with E-state index in [4.69, 9.17) is 21.1 Å². The van der Waals surface area contributed by atoms with Crippen LogP contribution in [0.15, 0.2) is 54.2 Å². The molecule has 0 bridgehead atoms. The number of hydrogen-bond donors (Lipinski definition) is 1. The van der Waals surface area contributed by atoms with Crippen molar-refractivity contribution in [2.45, 2.75) is 6.54 Å². The molecule has 3 heterocycles. The first kappa shape index (κ1) is 17.5. The lowest BCUT2D eigenvalue weighted by Crippen LogP contribution is -2.05. The molecule has 0 spiro atoms. The van der Waals surface area contributed by atoms with Crippen LogP contribution in [0.2, 0.25) is 5.02 Å². The van der Waals surface area contributed by atoms with E-state index in [9.17, 15) is 0 Å². The van der Waals surface area contributed by atoms with Gasteiger partial charge in [-0.3, -0.25) is 4.98 Å². The lowest BCUT2D eigenvalue weighted by Gasteiger charge is -2.11. The van der Waals surface area contributed by atoms with Gasteiger partial charge in [-0.2, -0.15) is 4.98 Å². The molecular formula is C19H15ClN4O2S. The highest BCUT2D eigenvalue weighted by molar-refractivity contribution is 7.17. The second-order valence-electron chi connectivity index (χ2n) is 5.59. The minimum absolute atomic E-state index is 0.460. The van der Waals surface area contributed by atoms with Gasteiger partial charge in [0.2, 0.25) is 11.8 Å². The average molecular weight is 399 g/mol. The van der Waals surface area contributed by atoms with Crippen LogP contribution in [0.25, 0.3) is 10.2 Å². The van der Waals surface area contributed by atoms with Gasteiger partial charge in [-0.25, -0.2) is 4.98 Å². The van der Waals surface area contributed by atoms with Gasteiger partial charge in [-0.15, -0.1) is 11.3 Å². The number of fused-ring (bicyclic) bond motifs is 1. The van der Waals surface area contributed by atoms with E-state index in [0.29, 0.717) is 29.1 Å². The van der Waals surface area contributed by atoms with E-state index in [1.54, 1.807) is 25.6 Å². The van der Waals surface area contributed by atoms with Crippen LogP contribution in [-0.2, 0) is 6.54 Å². The van der Waals surface area contributed by atoms with E-state index in [2.05, 4.69) is 20.3 Å². The van der Waals surface area contributed by atoms with Crippen molar-refractivity contribution in [3.05, 3.63) is 64.8 Å². The number of nitrogens with one attached hydrogen (secondary N) is 1. The summed E-state index contributed by atoms with van der Waals surface area (Å²) >= 11 is 7.50. The number of ether oxygens (including phenoxy) is 2. The van der Waals surface area contributed by atoms with Crippen molar-refractivity contribution in [3.63, 3.8) is 0 Å². The lowest BCUT2D eigenvalue weighted by molar-refractivity contribution is 0.410. The minimum atomic E-state index is 0.460. The van der Waals surface area contributed by atoms with Crippen molar-refractivity contribution in [1.29, 1.82) is 0 Å². The number of pyridine rings is 1. The minimum Gasteiger partial charge on any atom is -0.496 e. The summed E-state index contributed by atoms with van der Waals surface area (Å²) in [7, 11) is 1.65. The first-order valence-electron chi connectivity index (χ1n) is 8.12. The molecule has 4 rings (SSSR count). The van der Waals surface area contributed by atoms with E-state index in [1.165, 1.54) is 11.3 Å². The number of benzene rings is 1. The maximum Gasteiger partial charge on any atom is 0.242 e. The molecule has 3 aromatic heterocycles. The zero-order chi connectivity index (χ0) is 18.6. The number of methoxy groups -OCH3 is 1. The van der Waals surface area contributed by atoms with Crippen molar-refractivity contribution in [1.82, 2.24) is 15.0 Å². The number of halogens is 1. The summed E-state index contributed by atoms with van der Waals surface area (Å²) in [6, 6.07) is 11.4.